The second-order valence-electron chi connectivity index (χ2n) is 32.7. The van der Waals surface area contributed by atoms with Crippen LogP contribution < -0.4 is 0 Å². The molecule has 0 saturated heterocycles. The Morgan fingerprint density at radius 3 is 1.09 bits per heavy atom. The van der Waals surface area contributed by atoms with E-state index in [-0.39, 0.29) is 5.92 Å². The molecule has 128 heavy (non-hydrogen) atoms. The van der Waals surface area contributed by atoms with Gasteiger partial charge in [0.15, 0.2) is 23.3 Å². The minimum absolute atomic E-state index is 0.250. The molecule has 0 bridgehead atoms. The lowest BCUT2D eigenvalue weighted by Crippen LogP contribution is -2.00. The largest absolute Gasteiger partial charge is 0.263 e. The molecule has 0 unspecified atom stereocenters. The SMILES string of the molecule is CC(C)c1cc(-c2ccc3ccccc3c2)c2ccc3ccc(-c4cccc(-c5ccc(-c6nc(-c7ccccc7)nc(-c7cccc(-c8cncc9ccccc89)c7)n6)cc5)c4)nc3c2n1.Cc1cc(-c2ccccc2)c2ccc3ccc(-c4cccc(-c5ccc(-c6nc(-c7ccccc7)cc(-c7cccc(-c8cncc9ccccc89)c7)n6)cc5)c4)nc3c2n1. The normalized spacial score (nSPS) is 11.5. The monoisotopic (exact) mass is 1640 g/mol. The van der Waals surface area contributed by atoms with Gasteiger partial charge in [0.25, 0.3) is 0 Å². The summed E-state index contributed by atoms with van der Waals surface area (Å²) in [6, 6.07) is 138. The molecule has 0 aliphatic rings. The van der Waals surface area contributed by atoms with Crippen LogP contribution in [0.2, 0.25) is 0 Å². The van der Waals surface area contributed by atoms with Crippen molar-refractivity contribution in [3.8, 4) is 157 Å². The molecule has 0 N–H and O–H groups in total. The van der Waals surface area contributed by atoms with E-state index in [1.54, 1.807) is 0 Å². The Morgan fingerprint density at radius 2 is 0.547 bits per heavy atom. The molecule has 11 heteroatoms. The standard InChI is InChI=1S/C61H42N6.C56H37N5/c1-38(2)56-35-53(47-27-24-39-12-6-7-15-44(39)32-47)52-30-28-41-29-31-55(63-57(41)58(52)64-56)48-19-10-17-45(33-48)40-22-25-43(26-23-40)60-65-59(42-13-4-3-5-14-42)66-61(67-60)49-20-11-18-46(34-49)54-37-62-36-50-16-8-9-21-51(50)54;1-36-30-49(38-12-4-2-5-13-38)48-28-26-40-27-29-51(59-54(40)55(48)58-36)44-19-10-17-42(31-44)37-22-24-41(25-23-37)56-60-52(39-14-6-3-7-15-39)33-53(61-56)45-20-11-18-43(32-45)50-35-57-34-46-16-8-9-21-47(46)50/h3-38H,1-2H3;2-35H,1H3. The number of nitrogens with zero attached hydrogens (tertiary/aromatic N) is 11. The van der Waals surface area contributed by atoms with Gasteiger partial charge in [0.05, 0.1) is 44.8 Å². The lowest BCUT2D eigenvalue weighted by Gasteiger charge is -2.15. The molecular weight excluding hydrogens is 1560 g/mol. The van der Waals surface area contributed by atoms with Crippen molar-refractivity contribution in [2.24, 2.45) is 0 Å². The fourth-order valence-corrected chi connectivity index (χ4v) is 17.5. The predicted molar refractivity (Wildman–Crippen MR) is 526 cm³/mol. The Kier molecular flexibility index (Phi) is 20.1. The Bertz CT molecular complexity index is 8220. The minimum atomic E-state index is 0.250. The van der Waals surface area contributed by atoms with Gasteiger partial charge in [0.1, 0.15) is 0 Å². The molecule has 0 aliphatic heterocycles. The summed E-state index contributed by atoms with van der Waals surface area (Å²) in [7, 11) is 0. The number of pyridine rings is 6. The second-order valence-corrected chi connectivity index (χ2v) is 32.7. The number of fused-ring (bicyclic) bond motifs is 9. The van der Waals surface area contributed by atoms with E-state index in [9.17, 15) is 0 Å². The summed E-state index contributed by atoms with van der Waals surface area (Å²) in [5.41, 5.74) is 30.3. The van der Waals surface area contributed by atoms with Crippen LogP contribution in [0, 0.1) is 6.92 Å². The number of hydrogen-bond donors (Lipinski definition) is 0. The minimum Gasteiger partial charge on any atom is -0.263 e. The molecule has 15 aromatic carbocycles. The number of hydrogen-bond acceptors (Lipinski definition) is 11. The van der Waals surface area contributed by atoms with Crippen LogP contribution in [0.5, 0.6) is 0 Å². The van der Waals surface area contributed by atoms with Crippen LogP contribution in [0.4, 0.5) is 0 Å². The number of aryl methyl sites for hydroxylation is 1. The molecule has 0 saturated carbocycles. The average molecular weight is 1640 g/mol. The van der Waals surface area contributed by atoms with Gasteiger partial charge < -0.3 is 0 Å². The van der Waals surface area contributed by atoms with Gasteiger partial charge in [-0.25, -0.2) is 34.9 Å². The summed E-state index contributed by atoms with van der Waals surface area (Å²) in [6.45, 7) is 6.46. The van der Waals surface area contributed by atoms with Gasteiger partial charge in [-0.3, -0.25) is 19.9 Å². The molecular formula is C117H79N11. The van der Waals surface area contributed by atoms with Gasteiger partial charge >= 0.3 is 0 Å². The van der Waals surface area contributed by atoms with E-state index in [4.69, 9.17) is 44.9 Å². The summed E-state index contributed by atoms with van der Waals surface area (Å²) < 4.78 is 0. The average Bonchev–Trinajstić information content (AvgIpc) is 0.751. The van der Waals surface area contributed by atoms with Crippen molar-refractivity contribution in [3.05, 3.63) is 430 Å². The predicted octanol–water partition coefficient (Wildman–Crippen LogP) is 29.6. The lowest BCUT2D eigenvalue weighted by atomic mass is 9.94. The van der Waals surface area contributed by atoms with Crippen LogP contribution in [0.25, 0.3) is 233 Å². The molecule has 0 amide bonds. The summed E-state index contributed by atoms with van der Waals surface area (Å²) in [6.07, 6.45) is 7.69. The third-order valence-electron chi connectivity index (χ3n) is 24.1. The van der Waals surface area contributed by atoms with E-state index >= 15 is 0 Å². The van der Waals surface area contributed by atoms with Gasteiger partial charge in [0, 0.05) is 124 Å². The van der Waals surface area contributed by atoms with Crippen molar-refractivity contribution in [2.75, 3.05) is 0 Å². The van der Waals surface area contributed by atoms with Crippen LogP contribution in [-0.4, -0.2) is 54.8 Å². The molecule has 0 spiro atoms. The number of rotatable bonds is 15. The summed E-state index contributed by atoms with van der Waals surface area (Å²) in [5.74, 6) is 2.74. The van der Waals surface area contributed by atoms with Crippen LogP contribution in [-0.2, 0) is 0 Å². The Labute approximate surface area is 740 Å². The third kappa shape index (κ3) is 15.3. The number of aromatic nitrogens is 11. The van der Waals surface area contributed by atoms with Gasteiger partial charge in [-0.05, 0) is 151 Å². The van der Waals surface area contributed by atoms with E-state index < -0.39 is 0 Å². The highest BCUT2D eigenvalue weighted by atomic mass is 15.0. The molecule has 0 aliphatic carbocycles. The Hall–Kier alpha value is -16.9. The lowest BCUT2D eigenvalue weighted by molar-refractivity contribution is 0.831. The van der Waals surface area contributed by atoms with Gasteiger partial charge in [-0.15, -0.1) is 0 Å². The van der Waals surface area contributed by atoms with Crippen molar-refractivity contribution in [3.63, 3.8) is 0 Å². The van der Waals surface area contributed by atoms with Gasteiger partial charge in [0.2, 0.25) is 0 Å². The van der Waals surface area contributed by atoms with Crippen molar-refractivity contribution in [2.45, 2.75) is 26.7 Å². The molecule has 8 aromatic heterocycles. The summed E-state index contributed by atoms with van der Waals surface area (Å²) in [4.78, 5) is 55.5. The highest BCUT2D eigenvalue weighted by Gasteiger charge is 2.21. The van der Waals surface area contributed by atoms with Crippen molar-refractivity contribution in [1.29, 1.82) is 0 Å². The first-order valence-corrected chi connectivity index (χ1v) is 43.2. The van der Waals surface area contributed by atoms with E-state index in [1.807, 2.05) is 91.5 Å². The van der Waals surface area contributed by atoms with Crippen LogP contribution >= 0.6 is 0 Å². The van der Waals surface area contributed by atoms with Crippen LogP contribution in [0.1, 0.15) is 31.2 Å². The zero-order valence-corrected chi connectivity index (χ0v) is 70.3. The zero-order valence-electron chi connectivity index (χ0n) is 70.3. The van der Waals surface area contributed by atoms with Crippen LogP contribution in [0.3, 0.4) is 0 Å². The molecule has 0 radical (unpaired) electrons. The van der Waals surface area contributed by atoms with E-state index in [0.717, 1.165) is 183 Å². The molecule has 11 nitrogen and oxygen atoms in total. The van der Waals surface area contributed by atoms with E-state index in [0.29, 0.717) is 23.3 Å². The number of benzene rings is 15. The molecule has 23 rings (SSSR count). The maximum absolute atomic E-state index is 5.36. The zero-order chi connectivity index (χ0) is 85.5. The van der Waals surface area contributed by atoms with E-state index in [2.05, 4.69) is 358 Å². The molecule has 602 valence electrons. The quantitative estimate of drug-likeness (QED) is 0.0906. The first kappa shape index (κ1) is 77.2. The summed E-state index contributed by atoms with van der Waals surface area (Å²) in [5, 5.41) is 11.3. The maximum Gasteiger partial charge on any atom is 0.164 e. The Morgan fingerprint density at radius 1 is 0.180 bits per heavy atom. The first-order valence-electron chi connectivity index (χ1n) is 43.2. The molecule has 0 fully saturated rings. The van der Waals surface area contributed by atoms with E-state index in [1.165, 1.54) is 38.4 Å². The Balaban J connectivity index is 0.000000151. The van der Waals surface area contributed by atoms with Crippen LogP contribution in [0.15, 0.2) is 419 Å². The highest BCUT2D eigenvalue weighted by Crippen LogP contribution is 2.42. The van der Waals surface area contributed by atoms with Gasteiger partial charge in [-0.1, -0.05) is 347 Å². The topological polar surface area (TPSA) is 142 Å². The third-order valence-corrected chi connectivity index (χ3v) is 24.1. The fourth-order valence-electron chi connectivity index (χ4n) is 17.5. The van der Waals surface area contributed by atoms with Gasteiger partial charge in [-0.2, -0.15) is 0 Å². The fraction of sp³-hybridized carbons (Fsp3) is 0.0342. The molecule has 8 heterocycles. The van der Waals surface area contributed by atoms with Crippen molar-refractivity contribution in [1.82, 2.24) is 54.8 Å². The smallest absolute Gasteiger partial charge is 0.164 e. The molecule has 0 atom stereocenters. The maximum atomic E-state index is 5.36. The highest BCUT2D eigenvalue weighted by molar-refractivity contribution is 6.11. The first-order chi connectivity index (χ1) is 63.1. The second kappa shape index (κ2) is 33.4. The van der Waals surface area contributed by atoms with Crippen molar-refractivity contribution >= 4 is 75.9 Å². The van der Waals surface area contributed by atoms with Crippen molar-refractivity contribution < 1.29 is 0 Å². The molecule has 23 aromatic rings. The summed E-state index contributed by atoms with van der Waals surface area (Å²) >= 11 is 0.